The minimum Gasteiger partial charge on any atom is -0.507 e. The third-order valence-corrected chi connectivity index (χ3v) is 7.06. The number of phenolic OH excluding ortho intramolecular Hbond substituents is 2. The van der Waals surface area contributed by atoms with Crippen LogP contribution in [0.5, 0.6) is 11.5 Å². The van der Waals surface area contributed by atoms with E-state index in [0.717, 1.165) is 35.1 Å². The first-order chi connectivity index (χ1) is 14.7. The minimum atomic E-state index is -0.125. The summed E-state index contributed by atoms with van der Waals surface area (Å²) < 4.78 is 0. The summed E-state index contributed by atoms with van der Waals surface area (Å²) in [6, 6.07) is 8.73. The van der Waals surface area contributed by atoms with Crippen LogP contribution in [0.1, 0.15) is 127 Å². The Kier molecular flexibility index (Phi) is 8.13. The van der Waals surface area contributed by atoms with Crippen molar-refractivity contribution in [3.8, 4) is 11.5 Å². The molecule has 0 fully saturated rings. The molecule has 2 nitrogen and oxygen atoms in total. The summed E-state index contributed by atoms with van der Waals surface area (Å²) in [5, 5.41) is 22.3. The standard InChI is InChI=1S/C30H46O2/c1-11-19(3)23-15-21(27(31)25(17-23)29(5,6)7)13-14-22-16-24(20(4)12-2)18-26(28(22)32)30(8,9)10/h15-20,31-32H,11-14H2,1-10H3. The van der Waals surface area contributed by atoms with Crippen LogP contribution in [0, 0.1) is 0 Å². The Hall–Kier alpha value is -1.96. The van der Waals surface area contributed by atoms with Crippen molar-refractivity contribution in [1.82, 2.24) is 0 Å². The minimum absolute atomic E-state index is 0.125. The van der Waals surface area contributed by atoms with E-state index < -0.39 is 0 Å². The van der Waals surface area contributed by atoms with Gasteiger partial charge in [-0.2, -0.15) is 0 Å². The van der Waals surface area contributed by atoms with Crippen LogP contribution < -0.4 is 0 Å². The summed E-state index contributed by atoms with van der Waals surface area (Å²) in [4.78, 5) is 0. The Morgan fingerprint density at radius 1 is 0.625 bits per heavy atom. The van der Waals surface area contributed by atoms with Gasteiger partial charge in [-0.1, -0.05) is 93.5 Å². The summed E-state index contributed by atoms with van der Waals surface area (Å²) in [5.41, 5.74) is 6.32. The number of hydrogen-bond donors (Lipinski definition) is 2. The Labute approximate surface area is 197 Å². The zero-order valence-corrected chi connectivity index (χ0v) is 22.2. The number of hydrogen-bond acceptors (Lipinski definition) is 2. The SMILES string of the molecule is CCC(C)c1cc(CCc2cc(C(C)CC)cc(C(C)(C)C)c2O)c(O)c(C(C)(C)C)c1. The number of aromatic hydroxyl groups is 2. The fraction of sp³-hybridized carbons (Fsp3) is 0.600. The molecule has 0 saturated carbocycles. The van der Waals surface area contributed by atoms with Gasteiger partial charge in [0, 0.05) is 0 Å². The molecule has 0 saturated heterocycles. The highest BCUT2D eigenvalue weighted by Gasteiger charge is 2.25. The molecule has 2 unspecified atom stereocenters. The van der Waals surface area contributed by atoms with Crippen LogP contribution in [0.25, 0.3) is 0 Å². The Balaban J connectivity index is 2.53. The molecule has 0 aliphatic carbocycles. The van der Waals surface area contributed by atoms with Crippen molar-refractivity contribution in [3.05, 3.63) is 57.6 Å². The second kappa shape index (κ2) is 9.89. The number of rotatable bonds is 7. The van der Waals surface area contributed by atoms with E-state index >= 15 is 0 Å². The first-order valence-electron chi connectivity index (χ1n) is 12.4. The first-order valence-corrected chi connectivity index (χ1v) is 12.4. The third-order valence-electron chi connectivity index (χ3n) is 7.06. The Bertz CT molecular complexity index is 848. The number of phenols is 2. The van der Waals surface area contributed by atoms with E-state index in [0.29, 0.717) is 36.2 Å². The molecule has 0 heterocycles. The molecule has 2 atom stereocenters. The smallest absolute Gasteiger partial charge is 0.122 e. The molecule has 2 N–H and O–H groups in total. The fourth-order valence-corrected chi connectivity index (χ4v) is 4.27. The molecule has 2 aromatic rings. The van der Waals surface area contributed by atoms with Gasteiger partial charge in [-0.05, 0) is 81.7 Å². The monoisotopic (exact) mass is 438 g/mol. The highest BCUT2D eigenvalue weighted by atomic mass is 16.3. The van der Waals surface area contributed by atoms with Crippen LogP contribution in [-0.2, 0) is 23.7 Å². The van der Waals surface area contributed by atoms with E-state index in [1.54, 1.807) is 0 Å². The van der Waals surface area contributed by atoms with Crippen molar-refractivity contribution in [2.75, 3.05) is 0 Å². The van der Waals surface area contributed by atoms with E-state index in [2.05, 4.69) is 93.5 Å². The fourth-order valence-electron chi connectivity index (χ4n) is 4.27. The molecular formula is C30H46O2. The Morgan fingerprint density at radius 3 is 1.19 bits per heavy atom. The van der Waals surface area contributed by atoms with Gasteiger partial charge in [0.1, 0.15) is 11.5 Å². The van der Waals surface area contributed by atoms with Crippen LogP contribution in [0.15, 0.2) is 24.3 Å². The van der Waals surface area contributed by atoms with Gasteiger partial charge in [0.05, 0.1) is 0 Å². The van der Waals surface area contributed by atoms with Crippen LogP contribution in [-0.4, -0.2) is 10.2 Å². The molecule has 2 rings (SSSR count). The van der Waals surface area contributed by atoms with Gasteiger partial charge in [-0.25, -0.2) is 0 Å². The van der Waals surface area contributed by atoms with E-state index in [9.17, 15) is 10.2 Å². The maximum atomic E-state index is 11.2. The van der Waals surface area contributed by atoms with Crippen molar-refractivity contribution < 1.29 is 10.2 Å². The second-order valence-corrected chi connectivity index (χ2v) is 11.8. The van der Waals surface area contributed by atoms with Gasteiger partial charge in [0.25, 0.3) is 0 Å². The molecule has 178 valence electrons. The van der Waals surface area contributed by atoms with Crippen LogP contribution in [0.2, 0.25) is 0 Å². The summed E-state index contributed by atoms with van der Waals surface area (Å²) in [6.45, 7) is 21.9. The normalized spacial score (nSPS) is 14.4. The highest BCUT2D eigenvalue weighted by Crippen LogP contribution is 2.40. The van der Waals surface area contributed by atoms with Gasteiger partial charge in [-0.3, -0.25) is 0 Å². The summed E-state index contributed by atoms with van der Waals surface area (Å²) in [5.74, 6) is 1.73. The summed E-state index contributed by atoms with van der Waals surface area (Å²) >= 11 is 0. The van der Waals surface area contributed by atoms with Crippen molar-refractivity contribution in [2.24, 2.45) is 0 Å². The van der Waals surface area contributed by atoms with Crippen LogP contribution in [0.4, 0.5) is 0 Å². The Morgan fingerprint density at radius 2 is 0.938 bits per heavy atom. The molecule has 32 heavy (non-hydrogen) atoms. The predicted octanol–water partition coefficient (Wildman–Crippen LogP) is 8.51. The molecule has 2 aromatic carbocycles. The maximum absolute atomic E-state index is 11.2. The average Bonchev–Trinajstić information content (AvgIpc) is 2.70. The lowest BCUT2D eigenvalue weighted by atomic mass is 9.80. The predicted molar refractivity (Wildman–Crippen MR) is 138 cm³/mol. The van der Waals surface area contributed by atoms with Crippen LogP contribution >= 0.6 is 0 Å². The second-order valence-electron chi connectivity index (χ2n) is 11.8. The molecule has 0 amide bonds. The lowest BCUT2D eigenvalue weighted by molar-refractivity contribution is 0.433. The average molecular weight is 439 g/mol. The van der Waals surface area contributed by atoms with Gasteiger partial charge >= 0.3 is 0 Å². The van der Waals surface area contributed by atoms with Gasteiger partial charge in [0.15, 0.2) is 0 Å². The largest absolute Gasteiger partial charge is 0.507 e. The summed E-state index contributed by atoms with van der Waals surface area (Å²) in [6.07, 6.45) is 3.56. The molecular weight excluding hydrogens is 392 g/mol. The van der Waals surface area contributed by atoms with E-state index in [-0.39, 0.29) is 10.8 Å². The zero-order chi connectivity index (χ0) is 24.4. The quantitative estimate of drug-likeness (QED) is 0.455. The lowest BCUT2D eigenvalue weighted by Gasteiger charge is -2.26. The summed E-state index contributed by atoms with van der Waals surface area (Å²) in [7, 11) is 0. The maximum Gasteiger partial charge on any atom is 0.122 e. The number of aryl methyl sites for hydroxylation is 2. The van der Waals surface area contributed by atoms with Gasteiger partial charge in [0.2, 0.25) is 0 Å². The lowest BCUT2D eigenvalue weighted by Crippen LogP contribution is -2.14. The zero-order valence-electron chi connectivity index (χ0n) is 22.2. The molecule has 0 aliphatic rings. The molecule has 0 radical (unpaired) electrons. The van der Waals surface area contributed by atoms with Crippen molar-refractivity contribution in [3.63, 3.8) is 0 Å². The van der Waals surface area contributed by atoms with Crippen molar-refractivity contribution >= 4 is 0 Å². The highest BCUT2D eigenvalue weighted by molar-refractivity contribution is 5.51. The third kappa shape index (κ3) is 5.88. The van der Waals surface area contributed by atoms with Crippen molar-refractivity contribution in [1.29, 1.82) is 0 Å². The van der Waals surface area contributed by atoms with Crippen LogP contribution in [0.3, 0.4) is 0 Å². The van der Waals surface area contributed by atoms with Crippen molar-refractivity contribution in [2.45, 2.75) is 118 Å². The molecule has 0 spiro atoms. The molecule has 0 aliphatic heterocycles. The molecule has 0 bridgehead atoms. The van der Waals surface area contributed by atoms with Gasteiger partial charge < -0.3 is 10.2 Å². The van der Waals surface area contributed by atoms with E-state index in [1.165, 1.54) is 11.1 Å². The van der Waals surface area contributed by atoms with E-state index in [4.69, 9.17) is 0 Å². The number of benzene rings is 2. The topological polar surface area (TPSA) is 40.5 Å². The first kappa shape index (κ1) is 26.3. The molecule has 2 heteroatoms. The van der Waals surface area contributed by atoms with Gasteiger partial charge in [-0.15, -0.1) is 0 Å². The molecule has 0 aromatic heterocycles. The van der Waals surface area contributed by atoms with E-state index in [1.807, 2.05) is 0 Å².